The van der Waals surface area contributed by atoms with E-state index in [9.17, 15) is 4.79 Å². The number of carbonyl (C=O) groups excluding carboxylic acids is 1. The summed E-state index contributed by atoms with van der Waals surface area (Å²) < 4.78 is 6.05. The summed E-state index contributed by atoms with van der Waals surface area (Å²) in [5.74, 6) is 0.0942. The molecule has 2 heterocycles. The molecule has 2 aromatic rings. The second kappa shape index (κ2) is 6.84. The number of rotatable bonds is 3. The molecule has 1 aliphatic carbocycles. The third-order valence-electron chi connectivity index (χ3n) is 5.99. The van der Waals surface area contributed by atoms with Crippen LogP contribution in [0.3, 0.4) is 0 Å². The van der Waals surface area contributed by atoms with E-state index in [0.717, 1.165) is 39.0 Å². The van der Waals surface area contributed by atoms with Crippen molar-refractivity contribution in [1.29, 1.82) is 0 Å². The Hall–Kier alpha value is -2.20. The standard InChI is InChI=1S/C22H26N2O2/c1-3-26-20-14-22(19-13-16(2)6-7-18(19)20)8-11-24(12-9-22)21(25)17-5-4-10-23-15-17/h4-7,10,13,15,20H,3,8-9,11-12,14H2,1-2H3. The number of hydrogen-bond acceptors (Lipinski definition) is 3. The van der Waals surface area contributed by atoms with E-state index < -0.39 is 0 Å². The lowest BCUT2D eigenvalue weighted by Gasteiger charge is -2.40. The lowest BCUT2D eigenvalue weighted by Crippen LogP contribution is -2.44. The van der Waals surface area contributed by atoms with Gasteiger partial charge in [-0.1, -0.05) is 23.8 Å². The van der Waals surface area contributed by atoms with E-state index >= 15 is 0 Å². The first-order chi connectivity index (χ1) is 12.6. The van der Waals surface area contributed by atoms with Gasteiger partial charge in [-0.2, -0.15) is 0 Å². The fourth-order valence-corrected chi connectivity index (χ4v) is 4.62. The first-order valence-corrected chi connectivity index (χ1v) is 9.55. The third-order valence-corrected chi connectivity index (χ3v) is 5.99. The van der Waals surface area contributed by atoms with Crippen LogP contribution in [0.25, 0.3) is 0 Å². The quantitative estimate of drug-likeness (QED) is 0.839. The lowest BCUT2D eigenvalue weighted by atomic mass is 9.73. The van der Waals surface area contributed by atoms with E-state index in [1.807, 2.05) is 17.0 Å². The predicted molar refractivity (Wildman–Crippen MR) is 101 cm³/mol. The molecule has 4 rings (SSSR count). The van der Waals surface area contributed by atoms with E-state index in [2.05, 4.69) is 37.0 Å². The summed E-state index contributed by atoms with van der Waals surface area (Å²) in [6.45, 7) is 6.54. The molecule has 1 aliphatic heterocycles. The summed E-state index contributed by atoms with van der Waals surface area (Å²) in [5, 5.41) is 0. The van der Waals surface area contributed by atoms with E-state index in [0.29, 0.717) is 5.56 Å². The minimum Gasteiger partial charge on any atom is -0.374 e. The van der Waals surface area contributed by atoms with Gasteiger partial charge in [0, 0.05) is 37.5 Å². The van der Waals surface area contributed by atoms with Crippen molar-refractivity contribution in [3.05, 3.63) is 65.0 Å². The van der Waals surface area contributed by atoms with Gasteiger partial charge in [0.25, 0.3) is 5.91 Å². The van der Waals surface area contributed by atoms with E-state index in [1.54, 1.807) is 12.4 Å². The molecule has 0 saturated carbocycles. The third kappa shape index (κ3) is 2.92. The molecule has 1 spiro atoms. The first-order valence-electron chi connectivity index (χ1n) is 9.55. The maximum absolute atomic E-state index is 12.7. The molecule has 1 aromatic carbocycles. The zero-order valence-electron chi connectivity index (χ0n) is 15.6. The van der Waals surface area contributed by atoms with Crippen molar-refractivity contribution >= 4 is 5.91 Å². The average Bonchev–Trinajstić information content (AvgIpc) is 2.95. The van der Waals surface area contributed by atoms with Crippen LogP contribution in [0.5, 0.6) is 0 Å². The molecular weight excluding hydrogens is 324 g/mol. The number of piperidine rings is 1. The van der Waals surface area contributed by atoms with Gasteiger partial charge in [-0.3, -0.25) is 9.78 Å². The number of hydrogen-bond donors (Lipinski definition) is 0. The molecule has 26 heavy (non-hydrogen) atoms. The number of fused-ring (bicyclic) bond motifs is 2. The molecule has 0 radical (unpaired) electrons. The summed E-state index contributed by atoms with van der Waals surface area (Å²) >= 11 is 0. The van der Waals surface area contributed by atoms with Gasteiger partial charge in [-0.05, 0) is 56.4 Å². The number of likely N-dealkylation sites (tertiary alicyclic amines) is 1. The Bertz CT molecular complexity index is 795. The summed E-state index contributed by atoms with van der Waals surface area (Å²) in [4.78, 5) is 18.8. The maximum atomic E-state index is 12.7. The molecule has 1 atom stereocenters. The topological polar surface area (TPSA) is 42.4 Å². The van der Waals surface area contributed by atoms with Crippen LogP contribution in [-0.2, 0) is 10.2 Å². The minimum atomic E-state index is 0.0942. The normalized spacial score (nSPS) is 21.0. The Morgan fingerprint density at radius 2 is 2.12 bits per heavy atom. The van der Waals surface area contributed by atoms with Gasteiger partial charge in [-0.15, -0.1) is 0 Å². The highest BCUT2D eigenvalue weighted by Crippen LogP contribution is 2.52. The Kier molecular flexibility index (Phi) is 4.53. The van der Waals surface area contributed by atoms with E-state index in [-0.39, 0.29) is 17.4 Å². The molecule has 1 aromatic heterocycles. The van der Waals surface area contributed by atoms with E-state index in [4.69, 9.17) is 4.74 Å². The van der Waals surface area contributed by atoms with Crippen LogP contribution in [0.2, 0.25) is 0 Å². The zero-order chi connectivity index (χ0) is 18.1. The van der Waals surface area contributed by atoms with Crippen LogP contribution in [0.1, 0.15) is 59.3 Å². The first kappa shape index (κ1) is 17.2. The number of nitrogens with zero attached hydrogens (tertiary/aromatic N) is 2. The van der Waals surface area contributed by atoms with Crippen molar-refractivity contribution in [2.75, 3.05) is 19.7 Å². The zero-order valence-corrected chi connectivity index (χ0v) is 15.6. The number of aryl methyl sites for hydroxylation is 1. The molecule has 0 bridgehead atoms. The summed E-state index contributed by atoms with van der Waals surface area (Å²) in [7, 11) is 0. The molecular formula is C22H26N2O2. The molecule has 2 aliphatic rings. The predicted octanol–water partition coefficient (Wildman–Crippen LogP) is 4.05. The van der Waals surface area contributed by atoms with E-state index in [1.165, 1.54) is 16.7 Å². The van der Waals surface area contributed by atoms with Gasteiger partial charge in [0.2, 0.25) is 0 Å². The lowest BCUT2D eigenvalue weighted by molar-refractivity contribution is 0.0381. The monoisotopic (exact) mass is 350 g/mol. The van der Waals surface area contributed by atoms with Crippen molar-refractivity contribution in [3.63, 3.8) is 0 Å². The molecule has 4 nitrogen and oxygen atoms in total. The largest absolute Gasteiger partial charge is 0.374 e. The maximum Gasteiger partial charge on any atom is 0.255 e. The Labute approximate surface area is 155 Å². The van der Waals surface area contributed by atoms with Crippen LogP contribution in [0.4, 0.5) is 0 Å². The number of amides is 1. The number of ether oxygens (including phenoxy) is 1. The van der Waals surface area contributed by atoms with Gasteiger partial charge in [0.1, 0.15) is 0 Å². The molecule has 136 valence electrons. The summed E-state index contributed by atoms with van der Waals surface area (Å²) in [6.07, 6.45) is 6.59. The fourth-order valence-electron chi connectivity index (χ4n) is 4.62. The highest BCUT2D eigenvalue weighted by Gasteiger charge is 2.46. The molecule has 1 fully saturated rings. The molecule has 1 saturated heterocycles. The summed E-state index contributed by atoms with van der Waals surface area (Å²) in [5.41, 5.74) is 4.92. The van der Waals surface area contributed by atoms with Crippen LogP contribution < -0.4 is 0 Å². The van der Waals surface area contributed by atoms with Crippen molar-refractivity contribution < 1.29 is 9.53 Å². The van der Waals surface area contributed by atoms with Crippen molar-refractivity contribution in [2.24, 2.45) is 0 Å². The fraction of sp³-hybridized carbons (Fsp3) is 0.455. The van der Waals surface area contributed by atoms with Crippen LogP contribution in [-0.4, -0.2) is 35.5 Å². The SMILES string of the molecule is CCOC1CC2(CCN(C(=O)c3cccnc3)CC2)c2cc(C)ccc21. The van der Waals surface area contributed by atoms with Crippen molar-refractivity contribution in [1.82, 2.24) is 9.88 Å². The minimum absolute atomic E-state index is 0.0942. The second-order valence-electron chi connectivity index (χ2n) is 7.55. The number of aromatic nitrogens is 1. The number of pyridine rings is 1. The molecule has 1 amide bonds. The van der Waals surface area contributed by atoms with Gasteiger partial charge >= 0.3 is 0 Å². The average molecular weight is 350 g/mol. The smallest absolute Gasteiger partial charge is 0.255 e. The molecule has 0 N–H and O–H groups in total. The second-order valence-corrected chi connectivity index (χ2v) is 7.55. The Morgan fingerprint density at radius 3 is 2.81 bits per heavy atom. The highest BCUT2D eigenvalue weighted by molar-refractivity contribution is 5.93. The van der Waals surface area contributed by atoms with Gasteiger partial charge < -0.3 is 9.64 Å². The molecule has 1 unspecified atom stereocenters. The van der Waals surface area contributed by atoms with Crippen molar-refractivity contribution in [3.8, 4) is 0 Å². The van der Waals surface area contributed by atoms with Crippen LogP contribution in [0.15, 0.2) is 42.7 Å². The number of benzene rings is 1. The van der Waals surface area contributed by atoms with Gasteiger partial charge in [0.05, 0.1) is 11.7 Å². The van der Waals surface area contributed by atoms with Crippen LogP contribution >= 0.6 is 0 Å². The highest BCUT2D eigenvalue weighted by atomic mass is 16.5. The molecule has 4 heteroatoms. The summed E-state index contributed by atoms with van der Waals surface area (Å²) in [6, 6.07) is 10.4. The van der Waals surface area contributed by atoms with Crippen LogP contribution in [0, 0.1) is 6.92 Å². The van der Waals surface area contributed by atoms with Gasteiger partial charge in [0.15, 0.2) is 0 Å². The van der Waals surface area contributed by atoms with Gasteiger partial charge in [-0.25, -0.2) is 0 Å². The number of carbonyl (C=O) groups is 1. The Morgan fingerprint density at radius 1 is 1.31 bits per heavy atom. The Balaban J connectivity index is 1.55. The van der Waals surface area contributed by atoms with Crippen molar-refractivity contribution in [2.45, 2.75) is 44.6 Å².